The van der Waals surface area contributed by atoms with E-state index in [4.69, 9.17) is 11.6 Å². The molecule has 18 heavy (non-hydrogen) atoms. The molecule has 0 bridgehead atoms. The molecule has 2 heterocycles. The average Bonchev–Trinajstić information content (AvgIpc) is 2.31. The minimum Gasteiger partial charge on any atom is -0.393 e. The second-order valence-corrected chi connectivity index (χ2v) is 5.73. The van der Waals surface area contributed by atoms with E-state index in [0.717, 1.165) is 31.2 Å². The molecule has 100 valence electrons. The van der Waals surface area contributed by atoms with Gasteiger partial charge in [0.25, 0.3) is 0 Å². The fraction of sp³-hybridized carbons (Fsp3) is 0.692. The smallest absolute Gasteiger partial charge is 0.135 e. The number of anilines is 1. The summed E-state index contributed by atoms with van der Waals surface area (Å²) in [5, 5.41) is 10.2. The van der Waals surface area contributed by atoms with E-state index in [1.165, 1.54) is 0 Å². The van der Waals surface area contributed by atoms with Crippen LogP contribution in [0, 0.1) is 5.92 Å². The molecule has 1 saturated heterocycles. The van der Waals surface area contributed by atoms with Crippen molar-refractivity contribution >= 4 is 17.4 Å². The summed E-state index contributed by atoms with van der Waals surface area (Å²) in [6.45, 7) is 7.79. The first-order valence-electron chi connectivity index (χ1n) is 6.45. The maximum absolute atomic E-state index is 9.75. The minimum absolute atomic E-state index is 0.205. The summed E-state index contributed by atoms with van der Waals surface area (Å²) in [4.78, 5) is 11.0. The van der Waals surface area contributed by atoms with Crippen molar-refractivity contribution in [1.29, 1.82) is 0 Å². The molecule has 1 aliphatic rings. The zero-order valence-corrected chi connectivity index (χ0v) is 11.9. The van der Waals surface area contributed by atoms with E-state index in [-0.39, 0.29) is 17.9 Å². The van der Waals surface area contributed by atoms with Crippen LogP contribution in [0.25, 0.3) is 0 Å². The minimum atomic E-state index is -0.205. The zero-order valence-electron chi connectivity index (χ0n) is 11.1. The van der Waals surface area contributed by atoms with Crippen LogP contribution in [0.2, 0.25) is 5.15 Å². The number of rotatable bonds is 2. The summed E-state index contributed by atoms with van der Waals surface area (Å²) in [6, 6.07) is 1.80. The van der Waals surface area contributed by atoms with Crippen LogP contribution in [0.3, 0.4) is 0 Å². The molecule has 0 amide bonds. The molecule has 5 heteroatoms. The van der Waals surface area contributed by atoms with Crippen molar-refractivity contribution in [2.45, 2.75) is 39.2 Å². The highest BCUT2D eigenvalue weighted by Crippen LogP contribution is 2.25. The number of aliphatic hydroxyl groups excluding tert-OH is 1. The Kier molecular flexibility index (Phi) is 4.07. The van der Waals surface area contributed by atoms with Gasteiger partial charge in [0.2, 0.25) is 0 Å². The predicted octanol–water partition coefficient (Wildman–Crippen LogP) is 2.46. The summed E-state index contributed by atoms with van der Waals surface area (Å²) in [5.74, 6) is 2.17. The second kappa shape index (κ2) is 5.41. The molecule has 1 N–H and O–H groups in total. The first-order valence-corrected chi connectivity index (χ1v) is 6.82. The molecule has 2 rings (SSSR count). The highest BCUT2D eigenvalue weighted by atomic mass is 35.5. The van der Waals surface area contributed by atoms with Gasteiger partial charge in [-0.25, -0.2) is 9.97 Å². The van der Waals surface area contributed by atoms with Crippen LogP contribution >= 0.6 is 11.6 Å². The number of hydrogen-bond acceptors (Lipinski definition) is 4. The molecule has 0 saturated carbocycles. The number of halogens is 1. The first-order chi connectivity index (χ1) is 8.47. The molecule has 4 nitrogen and oxygen atoms in total. The molecule has 1 aliphatic heterocycles. The Bertz CT molecular complexity index is 425. The SMILES string of the molecule is CC(C)c1nc(Cl)cc(N2CCC(O)C(C)C2)n1. The maximum Gasteiger partial charge on any atom is 0.135 e. The Balaban J connectivity index is 2.23. The van der Waals surface area contributed by atoms with Gasteiger partial charge in [0.05, 0.1) is 6.10 Å². The molecule has 1 aromatic heterocycles. The van der Waals surface area contributed by atoms with Gasteiger partial charge in [0, 0.05) is 25.1 Å². The zero-order chi connectivity index (χ0) is 13.3. The molecule has 2 atom stereocenters. The summed E-state index contributed by atoms with van der Waals surface area (Å²) < 4.78 is 0. The normalized spacial score (nSPS) is 24.7. The van der Waals surface area contributed by atoms with Crippen molar-refractivity contribution in [3.8, 4) is 0 Å². The molecule has 0 aromatic carbocycles. The van der Waals surface area contributed by atoms with Crippen LogP contribution in [0.15, 0.2) is 6.07 Å². The van der Waals surface area contributed by atoms with Gasteiger partial charge >= 0.3 is 0 Å². The van der Waals surface area contributed by atoms with E-state index in [9.17, 15) is 5.11 Å². The first kappa shape index (κ1) is 13.6. The quantitative estimate of drug-likeness (QED) is 0.838. The fourth-order valence-electron chi connectivity index (χ4n) is 2.18. The summed E-state index contributed by atoms with van der Waals surface area (Å²) in [7, 11) is 0. The van der Waals surface area contributed by atoms with Gasteiger partial charge in [-0.2, -0.15) is 0 Å². The lowest BCUT2D eigenvalue weighted by molar-refractivity contribution is 0.0968. The number of hydrogen-bond donors (Lipinski definition) is 1. The van der Waals surface area contributed by atoms with Gasteiger partial charge in [-0.1, -0.05) is 32.4 Å². The van der Waals surface area contributed by atoms with Crippen LogP contribution in [-0.4, -0.2) is 34.3 Å². The summed E-state index contributed by atoms with van der Waals surface area (Å²) in [6.07, 6.45) is 0.572. The third-order valence-corrected chi connectivity index (χ3v) is 3.59. The monoisotopic (exact) mass is 269 g/mol. The Morgan fingerprint density at radius 3 is 2.78 bits per heavy atom. The van der Waals surface area contributed by atoms with Gasteiger partial charge in [0.1, 0.15) is 16.8 Å². The summed E-state index contributed by atoms with van der Waals surface area (Å²) in [5.41, 5.74) is 0. The number of aromatic nitrogens is 2. The molecule has 1 fully saturated rings. The van der Waals surface area contributed by atoms with E-state index in [1.54, 1.807) is 6.07 Å². The topological polar surface area (TPSA) is 49.2 Å². The van der Waals surface area contributed by atoms with E-state index >= 15 is 0 Å². The van der Waals surface area contributed by atoms with Crippen LogP contribution < -0.4 is 4.90 Å². The lowest BCUT2D eigenvalue weighted by atomic mass is 9.97. The average molecular weight is 270 g/mol. The van der Waals surface area contributed by atoms with E-state index in [2.05, 4.69) is 35.6 Å². The molecule has 1 aromatic rings. The Morgan fingerprint density at radius 1 is 1.44 bits per heavy atom. The third kappa shape index (κ3) is 2.93. The maximum atomic E-state index is 9.75. The van der Waals surface area contributed by atoms with Gasteiger partial charge in [0.15, 0.2) is 0 Å². The van der Waals surface area contributed by atoms with Crippen molar-refractivity contribution in [3.63, 3.8) is 0 Å². The van der Waals surface area contributed by atoms with Crippen LogP contribution in [-0.2, 0) is 0 Å². The molecule has 0 radical (unpaired) electrons. The molecule has 0 aliphatic carbocycles. The van der Waals surface area contributed by atoms with E-state index in [1.807, 2.05) is 0 Å². The Hall–Kier alpha value is -0.870. The lowest BCUT2D eigenvalue weighted by Crippen LogP contribution is -2.42. The van der Waals surface area contributed by atoms with Crippen LogP contribution in [0.1, 0.15) is 38.9 Å². The van der Waals surface area contributed by atoms with Crippen molar-refractivity contribution in [3.05, 3.63) is 17.0 Å². The molecule has 2 unspecified atom stereocenters. The highest BCUT2D eigenvalue weighted by Gasteiger charge is 2.25. The van der Waals surface area contributed by atoms with E-state index in [0.29, 0.717) is 5.15 Å². The van der Waals surface area contributed by atoms with Gasteiger partial charge in [-0.05, 0) is 12.3 Å². The van der Waals surface area contributed by atoms with E-state index < -0.39 is 0 Å². The van der Waals surface area contributed by atoms with Crippen LogP contribution in [0.5, 0.6) is 0 Å². The van der Waals surface area contributed by atoms with Crippen molar-refractivity contribution < 1.29 is 5.11 Å². The number of piperidine rings is 1. The second-order valence-electron chi connectivity index (χ2n) is 5.34. The Labute approximate surface area is 113 Å². The van der Waals surface area contributed by atoms with Gasteiger partial charge < -0.3 is 10.0 Å². The molecular weight excluding hydrogens is 250 g/mol. The van der Waals surface area contributed by atoms with Crippen molar-refractivity contribution in [2.24, 2.45) is 5.92 Å². The standard InChI is InChI=1S/C13H20ClN3O/c1-8(2)13-15-11(14)6-12(16-13)17-5-4-10(18)9(3)7-17/h6,8-10,18H,4-5,7H2,1-3H3. The molecule has 0 spiro atoms. The van der Waals surface area contributed by atoms with Crippen molar-refractivity contribution in [1.82, 2.24) is 9.97 Å². The molecular formula is C13H20ClN3O. The van der Waals surface area contributed by atoms with Gasteiger partial charge in [-0.15, -0.1) is 0 Å². The van der Waals surface area contributed by atoms with Crippen LogP contribution in [0.4, 0.5) is 5.82 Å². The van der Waals surface area contributed by atoms with Gasteiger partial charge in [-0.3, -0.25) is 0 Å². The highest BCUT2D eigenvalue weighted by molar-refractivity contribution is 6.29. The third-order valence-electron chi connectivity index (χ3n) is 3.40. The number of aliphatic hydroxyl groups is 1. The summed E-state index contributed by atoms with van der Waals surface area (Å²) >= 11 is 6.05. The van der Waals surface area contributed by atoms with Crippen molar-refractivity contribution in [2.75, 3.05) is 18.0 Å². The number of nitrogens with zero attached hydrogens (tertiary/aromatic N) is 3. The lowest BCUT2D eigenvalue weighted by Gasteiger charge is -2.35. The largest absolute Gasteiger partial charge is 0.393 e. The Morgan fingerprint density at radius 2 is 2.17 bits per heavy atom. The fourth-order valence-corrected chi connectivity index (χ4v) is 2.37. The predicted molar refractivity (Wildman–Crippen MR) is 73.1 cm³/mol.